The average Bonchev–Trinajstić information content (AvgIpc) is 2.74. The summed E-state index contributed by atoms with van der Waals surface area (Å²) in [4.78, 5) is 24.6. The van der Waals surface area contributed by atoms with Gasteiger partial charge in [0.25, 0.3) is 5.91 Å². The molecule has 0 aliphatic rings. The predicted molar refractivity (Wildman–Crippen MR) is 122 cm³/mol. The highest BCUT2D eigenvalue weighted by Gasteiger charge is 2.22. The minimum atomic E-state index is -3.66. The smallest absolute Gasteiger partial charge is 0.338 e. The van der Waals surface area contributed by atoms with E-state index in [4.69, 9.17) is 9.47 Å². The van der Waals surface area contributed by atoms with Crippen LogP contribution in [0.4, 0.5) is 5.69 Å². The number of sulfonamides is 1. The van der Waals surface area contributed by atoms with Crippen LogP contribution in [-0.4, -0.2) is 50.4 Å². The second kappa shape index (κ2) is 11.1. The standard InChI is InChI=1S/C23H30N2O6S/c1-6-25(7-2)32(28,29)20-13-8-17(5)21(14-20)24-22(26)15-30-23(27)18-9-11-19(12-10-18)31-16(3)4/h8-14,16H,6-7,15H2,1-5H3,(H,24,26). The van der Waals surface area contributed by atoms with Crippen LogP contribution in [0, 0.1) is 6.92 Å². The van der Waals surface area contributed by atoms with Gasteiger partial charge in [0.1, 0.15) is 5.75 Å². The van der Waals surface area contributed by atoms with E-state index in [2.05, 4.69) is 5.32 Å². The van der Waals surface area contributed by atoms with Gasteiger partial charge in [-0.2, -0.15) is 4.31 Å². The van der Waals surface area contributed by atoms with Gasteiger partial charge in [0, 0.05) is 18.8 Å². The molecule has 0 radical (unpaired) electrons. The van der Waals surface area contributed by atoms with Crippen LogP contribution in [0.15, 0.2) is 47.4 Å². The van der Waals surface area contributed by atoms with E-state index in [1.807, 2.05) is 13.8 Å². The van der Waals surface area contributed by atoms with Gasteiger partial charge in [-0.05, 0) is 62.7 Å². The van der Waals surface area contributed by atoms with Crippen LogP contribution in [0.1, 0.15) is 43.6 Å². The lowest BCUT2D eigenvalue weighted by atomic mass is 10.2. The molecule has 32 heavy (non-hydrogen) atoms. The molecule has 174 valence electrons. The maximum atomic E-state index is 12.7. The molecule has 1 amide bonds. The first-order chi connectivity index (χ1) is 15.1. The summed E-state index contributed by atoms with van der Waals surface area (Å²) in [6.45, 7) is 9.25. The first kappa shape index (κ1) is 25.4. The molecular formula is C23H30N2O6S. The van der Waals surface area contributed by atoms with Gasteiger partial charge in [-0.3, -0.25) is 4.79 Å². The Morgan fingerprint density at radius 2 is 1.66 bits per heavy atom. The molecule has 8 nitrogen and oxygen atoms in total. The number of esters is 1. The SMILES string of the molecule is CCN(CC)S(=O)(=O)c1ccc(C)c(NC(=O)COC(=O)c2ccc(OC(C)C)cc2)c1. The summed E-state index contributed by atoms with van der Waals surface area (Å²) in [5, 5.41) is 2.62. The number of nitrogens with one attached hydrogen (secondary N) is 1. The van der Waals surface area contributed by atoms with E-state index in [9.17, 15) is 18.0 Å². The zero-order valence-electron chi connectivity index (χ0n) is 19.0. The molecule has 0 aliphatic heterocycles. The third-order valence-electron chi connectivity index (χ3n) is 4.62. The molecule has 0 fully saturated rings. The Kier molecular flexibility index (Phi) is 8.80. The summed E-state index contributed by atoms with van der Waals surface area (Å²) < 4.78 is 37.4. The number of benzene rings is 2. The molecule has 0 heterocycles. The fourth-order valence-electron chi connectivity index (χ4n) is 2.95. The molecule has 0 aliphatic carbocycles. The van der Waals surface area contributed by atoms with Crippen molar-refractivity contribution < 1.29 is 27.5 Å². The van der Waals surface area contributed by atoms with Crippen LogP contribution in [0.2, 0.25) is 0 Å². The number of anilines is 1. The number of carbonyl (C=O) groups is 2. The Hall–Kier alpha value is -2.91. The summed E-state index contributed by atoms with van der Waals surface area (Å²) in [6.07, 6.45) is 0.0143. The van der Waals surface area contributed by atoms with Crippen LogP contribution in [0.5, 0.6) is 5.75 Å². The summed E-state index contributed by atoms with van der Waals surface area (Å²) in [7, 11) is -3.66. The summed E-state index contributed by atoms with van der Waals surface area (Å²) >= 11 is 0. The Bertz CT molecular complexity index is 1040. The van der Waals surface area contributed by atoms with E-state index in [1.165, 1.54) is 16.4 Å². The predicted octanol–water partition coefficient (Wildman–Crippen LogP) is 3.61. The molecule has 9 heteroatoms. The number of carbonyl (C=O) groups excluding carboxylic acids is 2. The van der Waals surface area contributed by atoms with Crippen molar-refractivity contribution in [1.82, 2.24) is 4.31 Å². The van der Waals surface area contributed by atoms with Gasteiger partial charge in [0.05, 0.1) is 16.6 Å². The fourth-order valence-corrected chi connectivity index (χ4v) is 4.44. The van der Waals surface area contributed by atoms with Crippen LogP contribution in [0.25, 0.3) is 0 Å². The minimum absolute atomic E-state index is 0.0143. The number of hydrogen-bond donors (Lipinski definition) is 1. The molecular weight excluding hydrogens is 432 g/mol. The van der Waals surface area contributed by atoms with E-state index in [0.29, 0.717) is 30.1 Å². The zero-order chi connectivity index (χ0) is 23.9. The molecule has 1 N–H and O–H groups in total. The van der Waals surface area contributed by atoms with E-state index >= 15 is 0 Å². The van der Waals surface area contributed by atoms with Gasteiger partial charge in [-0.25, -0.2) is 13.2 Å². The highest BCUT2D eigenvalue weighted by atomic mass is 32.2. The Labute approximate surface area is 189 Å². The Morgan fingerprint density at radius 1 is 1.03 bits per heavy atom. The van der Waals surface area contributed by atoms with Crippen molar-refractivity contribution >= 4 is 27.6 Å². The number of ether oxygens (including phenoxy) is 2. The summed E-state index contributed by atoms with van der Waals surface area (Å²) in [5.74, 6) is -0.589. The van der Waals surface area contributed by atoms with E-state index < -0.39 is 28.5 Å². The first-order valence-electron chi connectivity index (χ1n) is 10.4. The fraction of sp³-hybridized carbons (Fsp3) is 0.391. The second-order valence-electron chi connectivity index (χ2n) is 7.38. The molecule has 0 aromatic heterocycles. The van der Waals surface area contributed by atoms with E-state index in [1.54, 1.807) is 51.1 Å². The van der Waals surface area contributed by atoms with Crippen LogP contribution < -0.4 is 10.1 Å². The number of amides is 1. The Balaban J connectivity index is 2.03. The first-order valence-corrected chi connectivity index (χ1v) is 11.9. The van der Waals surface area contributed by atoms with Crippen molar-refractivity contribution in [2.45, 2.75) is 45.6 Å². The molecule has 2 aromatic carbocycles. The van der Waals surface area contributed by atoms with E-state index in [0.717, 1.165) is 0 Å². The van der Waals surface area contributed by atoms with Gasteiger partial charge < -0.3 is 14.8 Å². The quantitative estimate of drug-likeness (QED) is 0.541. The normalized spacial score (nSPS) is 11.5. The maximum Gasteiger partial charge on any atom is 0.338 e. The van der Waals surface area contributed by atoms with Crippen molar-refractivity contribution in [3.05, 3.63) is 53.6 Å². The summed E-state index contributed by atoms with van der Waals surface area (Å²) in [5.41, 5.74) is 1.32. The topological polar surface area (TPSA) is 102 Å². The number of rotatable bonds is 10. The molecule has 0 saturated carbocycles. The zero-order valence-corrected chi connectivity index (χ0v) is 19.9. The third-order valence-corrected chi connectivity index (χ3v) is 6.67. The maximum absolute atomic E-state index is 12.7. The molecule has 0 spiro atoms. The van der Waals surface area contributed by atoms with Crippen molar-refractivity contribution in [3.63, 3.8) is 0 Å². The van der Waals surface area contributed by atoms with Gasteiger partial charge in [-0.15, -0.1) is 0 Å². The molecule has 0 atom stereocenters. The lowest BCUT2D eigenvalue weighted by Gasteiger charge is -2.19. The van der Waals surface area contributed by atoms with E-state index in [-0.39, 0.29) is 16.6 Å². The monoisotopic (exact) mass is 462 g/mol. The number of nitrogens with zero attached hydrogens (tertiary/aromatic N) is 1. The van der Waals surface area contributed by atoms with Crippen LogP contribution >= 0.6 is 0 Å². The van der Waals surface area contributed by atoms with Crippen LogP contribution in [0.3, 0.4) is 0 Å². The molecule has 2 rings (SSSR count). The van der Waals surface area contributed by atoms with Crippen molar-refractivity contribution in [3.8, 4) is 5.75 Å². The Morgan fingerprint density at radius 3 is 2.22 bits per heavy atom. The van der Waals surface area contributed by atoms with Crippen molar-refractivity contribution in [2.24, 2.45) is 0 Å². The highest BCUT2D eigenvalue weighted by Crippen LogP contribution is 2.23. The van der Waals surface area contributed by atoms with Gasteiger partial charge in [0.2, 0.25) is 10.0 Å². The van der Waals surface area contributed by atoms with Crippen LogP contribution in [-0.2, 0) is 19.6 Å². The molecule has 0 unspecified atom stereocenters. The largest absolute Gasteiger partial charge is 0.491 e. The minimum Gasteiger partial charge on any atom is -0.491 e. The second-order valence-corrected chi connectivity index (χ2v) is 9.32. The third kappa shape index (κ3) is 6.54. The summed E-state index contributed by atoms with van der Waals surface area (Å²) in [6, 6.07) is 11.0. The van der Waals surface area contributed by atoms with Crippen molar-refractivity contribution in [2.75, 3.05) is 25.0 Å². The number of hydrogen-bond acceptors (Lipinski definition) is 6. The highest BCUT2D eigenvalue weighted by molar-refractivity contribution is 7.89. The van der Waals surface area contributed by atoms with Gasteiger partial charge >= 0.3 is 5.97 Å². The van der Waals surface area contributed by atoms with Gasteiger partial charge in [-0.1, -0.05) is 19.9 Å². The van der Waals surface area contributed by atoms with Crippen molar-refractivity contribution in [1.29, 1.82) is 0 Å². The molecule has 0 saturated heterocycles. The lowest BCUT2D eigenvalue weighted by Crippen LogP contribution is -2.30. The average molecular weight is 463 g/mol. The van der Waals surface area contributed by atoms with Gasteiger partial charge in [0.15, 0.2) is 6.61 Å². The molecule has 2 aromatic rings. The lowest BCUT2D eigenvalue weighted by molar-refractivity contribution is -0.119. The molecule has 0 bridgehead atoms. The number of aryl methyl sites for hydroxylation is 1.